The van der Waals surface area contributed by atoms with Crippen molar-refractivity contribution in [1.82, 2.24) is 14.8 Å². The molecule has 1 aromatic heterocycles. The van der Waals surface area contributed by atoms with Crippen LogP contribution in [-0.4, -0.2) is 14.8 Å². The summed E-state index contributed by atoms with van der Waals surface area (Å²) in [5.74, 6) is 3.49. The largest absolute Gasteiger partial charge is 0.314 e. The summed E-state index contributed by atoms with van der Waals surface area (Å²) >= 11 is 3.47. The van der Waals surface area contributed by atoms with Gasteiger partial charge in [-0.1, -0.05) is 50.0 Å². The third kappa shape index (κ3) is 3.58. The van der Waals surface area contributed by atoms with E-state index in [0.717, 1.165) is 29.9 Å². The highest BCUT2D eigenvalue weighted by atomic mass is 79.9. The number of halogens is 1. The molecule has 3 nitrogen and oxygen atoms in total. The Bertz CT molecular complexity index is 320. The minimum Gasteiger partial charge on any atom is -0.314 e. The third-order valence-electron chi connectivity index (χ3n) is 2.80. The molecule has 16 heavy (non-hydrogen) atoms. The molecule has 92 valence electrons. The van der Waals surface area contributed by atoms with Gasteiger partial charge in [0.15, 0.2) is 0 Å². The van der Waals surface area contributed by atoms with Gasteiger partial charge in [-0.15, -0.1) is 10.2 Å². The zero-order valence-corrected chi connectivity index (χ0v) is 12.3. The van der Waals surface area contributed by atoms with Crippen LogP contribution in [0.2, 0.25) is 0 Å². The van der Waals surface area contributed by atoms with Crippen molar-refractivity contribution in [2.45, 2.75) is 52.4 Å². The van der Waals surface area contributed by atoms with Gasteiger partial charge in [-0.25, -0.2) is 0 Å². The van der Waals surface area contributed by atoms with Crippen molar-refractivity contribution in [2.24, 2.45) is 11.8 Å². The van der Waals surface area contributed by atoms with Crippen molar-refractivity contribution in [1.29, 1.82) is 0 Å². The maximum atomic E-state index is 4.31. The molecule has 0 fully saturated rings. The summed E-state index contributed by atoms with van der Waals surface area (Å²) in [5.41, 5.74) is 0. The molecule has 0 aromatic carbocycles. The zero-order valence-electron chi connectivity index (χ0n) is 10.7. The van der Waals surface area contributed by atoms with E-state index in [9.17, 15) is 0 Å². The van der Waals surface area contributed by atoms with Crippen molar-refractivity contribution in [3.8, 4) is 0 Å². The Morgan fingerprint density at radius 2 is 1.81 bits per heavy atom. The fourth-order valence-corrected chi connectivity index (χ4v) is 2.07. The summed E-state index contributed by atoms with van der Waals surface area (Å²) in [4.78, 5) is 0. The highest BCUT2D eigenvalue weighted by molar-refractivity contribution is 9.08. The van der Waals surface area contributed by atoms with Crippen LogP contribution in [0.1, 0.15) is 45.8 Å². The normalized spacial score (nSPS) is 13.4. The van der Waals surface area contributed by atoms with E-state index in [4.69, 9.17) is 0 Å². The maximum absolute atomic E-state index is 4.31. The summed E-state index contributed by atoms with van der Waals surface area (Å²) in [6.45, 7) is 9.96. The first kappa shape index (κ1) is 13.7. The van der Waals surface area contributed by atoms with Crippen LogP contribution in [-0.2, 0) is 18.3 Å². The van der Waals surface area contributed by atoms with E-state index in [0.29, 0.717) is 11.8 Å². The van der Waals surface area contributed by atoms with E-state index < -0.39 is 0 Å². The molecule has 0 saturated carbocycles. The maximum Gasteiger partial charge on any atom is 0.143 e. The lowest BCUT2D eigenvalue weighted by Crippen LogP contribution is -2.13. The van der Waals surface area contributed by atoms with E-state index >= 15 is 0 Å². The molecule has 0 saturated heterocycles. The first-order valence-electron chi connectivity index (χ1n) is 6.05. The average Bonchev–Trinajstić information content (AvgIpc) is 2.60. The van der Waals surface area contributed by atoms with Gasteiger partial charge in [0.05, 0.1) is 5.33 Å². The Balaban J connectivity index is 2.86. The second-order valence-corrected chi connectivity index (χ2v) is 5.45. The van der Waals surface area contributed by atoms with Gasteiger partial charge in [-0.3, -0.25) is 0 Å². The van der Waals surface area contributed by atoms with Gasteiger partial charge in [0, 0.05) is 13.0 Å². The van der Waals surface area contributed by atoms with Gasteiger partial charge in [-0.05, 0) is 11.8 Å². The second-order valence-electron chi connectivity index (χ2n) is 4.89. The van der Waals surface area contributed by atoms with Gasteiger partial charge in [0.1, 0.15) is 11.6 Å². The Labute approximate surface area is 107 Å². The standard InChI is InChI=1S/C12H22BrN3/c1-5-10(4)6-11-14-15-12(7-13)16(11)8-9(2)3/h9-10H,5-8H2,1-4H3. The molecule has 0 amide bonds. The quantitative estimate of drug-likeness (QED) is 0.751. The monoisotopic (exact) mass is 287 g/mol. The predicted octanol–water partition coefficient (Wildman–Crippen LogP) is 3.42. The first-order chi connectivity index (χ1) is 7.58. The van der Waals surface area contributed by atoms with Crippen LogP contribution in [0.4, 0.5) is 0 Å². The van der Waals surface area contributed by atoms with Crippen molar-refractivity contribution >= 4 is 15.9 Å². The van der Waals surface area contributed by atoms with Gasteiger partial charge in [0.25, 0.3) is 0 Å². The first-order valence-corrected chi connectivity index (χ1v) is 7.17. The molecule has 1 rings (SSSR count). The molecular weight excluding hydrogens is 266 g/mol. The molecule has 0 spiro atoms. The molecule has 0 aliphatic heterocycles. The Kier molecular flexibility index (Phi) is 5.46. The minimum atomic E-state index is 0.629. The molecule has 0 aliphatic rings. The molecule has 4 heteroatoms. The van der Waals surface area contributed by atoms with Crippen molar-refractivity contribution in [2.75, 3.05) is 0 Å². The highest BCUT2D eigenvalue weighted by Gasteiger charge is 2.14. The number of hydrogen-bond acceptors (Lipinski definition) is 2. The number of rotatable bonds is 6. The highest BCUT2D eigenvalue weighted by Crippen LogP contribution is 2.14. The van der Waals surface area contributed by atoms with Crippen LogP contribution in [0.25, 0.3) is 0 Å². The summed E-state index contributed by atoms with van der Waals surface area (Å²) in [5, 5.41) is 9.34. The lowest BCUT2D eigenvalue weighted by Gasteiger charge is -2.13. The average molecular weight is 288 g/mol. The molecule has 0 bridgehead atoms. The second kappa shape index (κ2) is 6.38. The summed E-state index contributed by atoms with van der Waals surface area (Å²) in [6, 6.07) is 0. The van der Waals surface area contributed by atoms with Gasteiger partial charge >= 0.3 is 0 Å². The van der Waals surface area contributed by atoms with Crippen LogP contribution in [0.3, 0.4) is 0 Å². The molecule has 1 aromatic rings. The van der Waals surface area contributed by atoms with E-state index in [1.807, 2.05) is 0 Å². The van der Waals surface area contributed by atoms with Gasteiger partial charge in [0.2, 0.25) is 0 Å². The molecule has 1 atom stereocenters. The smallest absolute Gasteiger partial charge is 0.143 e. The lowest BCUT2D eigenvalue weighted by molar-refractivity contribution is 0.469. The van der Waals surface area contributed by atoms with Crippen LogP contribution in [0.15, 0.2) is 0 Å². The SMILES string of the molecule is CCC(C)Cc1nnc(CBr)n1CC(C)C. The van der Waals surface area contributed by atoms with Gasteiger partial charge in [-0.2, -0.15) is 0 Å². The van der Waals surface area contributed by atoms with Gasteiger partial charge < -0.3 is 4.57 Å². The van der Waals surface area contributed by atoms with E-state index in [1.54, 1.807) is 0 Å². The number of aromatic nitrogens is 3. The number of nitrogens with zero attached hydrogens (tertiary/aromatic N) is 3. The Morgan fingerprint density at radius 3 is 2.31 bits per heavy atom. The lowest BCUT2D eigenvalue weighted by atomic mass is 10.0. The van der Waals surface area contributed by atoms with Crippen molar-refractivity contribution in [3.63, 3.8) is 0 Å². The van der Waals surface area contributed by atoms with Crippen LogP contribution in [0.5, 0.6) is 0 Å². The molecule has 1 unspecified atom stereocenters. The van der Waals surface area contributed by atoms with E-state index in [-0.39, 0.29) is 0 Å². The Morgan fingerprint density at radius 1 is 1.19 bits per heavy atom. The molecular formula is C12H22BrN3. The number of alkyl halides is 1. The fraction of sp³-hybridized carbons (Fsp3) is 0.833. The minimum absolute atomic E-state index is 0.629. The molecule has 0 radical (unpaired) electrons. The molecule has 0 N–H and O–H groups in total. The van der Waals surface area contributed by atoms with Crippen LogP contribution >= 0.6 is 15.9 Å². The zero-order chi connectivity index (χ0) is 12.1. The summed E-state index contributed by atoms with van der Waals surface area (Å²) in [6.07, 6.45) is 2.22. The third-order valence-corrected chi connectivity index (χ3v) is 3.30. The summed E-state index contributed by atoms with van der Waals surface area (Å²) < 4.78 is 2.27. The Hall–Kier alpha value is -0.380. The molecule has 1 heterocycles. The van der Waals surface area contributed by atoms with E-state index in [2.05, 4.69) is 58.4 Å². The van der Waals surface area contributed by atoms with E-state index in [1.165, 1.54) is 6.42 Å². The molecule has 0 aliphatic carbocycles. The fourth-order valence-electron chi connectivity index (χ4n) is 1.65. The number of hydrogen-bond donors (Lipinski definition) is 0. The summed E-state index contributed by atoms with van der Waals surface area (Å²) in [7, 11) is 0. The van der Waals surface area contributed by atoms with Crippen molar-refractivity contribution in [3.05, 3.63) is 11.6 Å². The van der Waals surface area contributed by atoms with Crippen LogP contribution in [0, 0.1) is 11.8 Å². The van der Waals surface area contributed by atoms with Crippen LogP contribution < -0.4 is 0 Å². The predicted molar refractivity (Wildman–Crippen MR) is 70.7 cm³/mol. The topological polar surface area (TPSA) is 30.7 Å². The van der Waals surface area contributed by atoms with Crippen molar-refractivity contribution < 1.29 is 0 Å².